The van der Waals surface area contributed by atoms with E-state index in [-0.39, 0.29) is 0 Å². The molecule has 0 aromatic heterocycles. The fourth-order valence-corrected chi connectivity index (χ4v) is 0.848. The zero-order valence-corrected chi connectivity index (χ0v) is 7.08. The van der Waals surface area contributed by atoms with E-state index in [0.717, 1.165) is 19.6 Å². The molecule has 0 radical (unpaired) electrons. The third-order valence-electron chi connectivity index (χ3n) is 1.34. The SMILES string of the molecule is C=CCOC1CCOC1.CN. The van der Waals surface area contributed by atoms with Crippen LogP contribution in [0.2, 0.25) is 0 Å². The monoisotopic (exact) mass is 159 g/mol. The van der Waals surface area contributed by atoms with Crippen LogP contribution in [-0.2, 0) is 9.47 Å². The molecule has 3 heteroatoms. The summed E-state index contributed by atoms with van der Waals surface area (Å²) in [6, 6.07) is 0. The predicted octanol–water partition coefficient (Wildman–Crippen LogP) is 0.553. The van der Waals surface area contributed by atoms with Crippen LogP contribution < -0.4 is 5.73 Å². The van der Waals surface area contributed by atoms with Crippen molar-refractivity contribution in [3.05, 3.63) is 12.7 Å². The molecular weight excluding hydrogens is 142 g/mol. The second-order valence-corrected chi connectivity index (χ2v) is 2.11. The van der Waals surface area contributed by atoms with Crippen LogP contribution in [0.5, 0.6) is 0 Å². The Kier molecular flexibility index (Phi) is 7.46. The lowest BCUT2D eigenvalue weighted by molar-refractivity contribution is 0.0603. The fourth-order valence-electron chi connectivity index (χ4n) is 0.848. The van der Waals surface area contributed by atoms with Crippen molar-refractivity contribution >= 4 is 0 Å². The van der Waals surface area contributed by atoms with Gasteiger partial charge in [0.05, 0.1) is 19.3 Å². The molecule has 66 valence electrons. The largest absolute Gasteiger partial charge is 0.379 e. The third kappa shape index (κ3) is 4.95. The number of rotatable bonds is 3. The van der Waals surface area contributed by atoms with E-state index in [1.54, 1.807) is 6.08 Å². The van der Waals surface area contributed by atoms with E-state index in [9.17, 15) is 0 Å². The average Bonchev–Trinajstić information content (AvgIpc) is 2.57. The molecule has 1 fully saturated rings. The first-order valence-electron chi connectivity index (χ1n) is 3.81. The molecule has 1 rings (SSSR count). The highest BCUT2D eigenvalue weighted by atomic mass is 16.5. The van der Waals surface area contributed by atoms with Crippen LogP contribution in [0.4, 0.5) is 0 Å². The third-order valence-corrected chi connectivity index (χ3v) is 1.34. The van der Waals surface area contributed by atoms with Gasteiger partial charge in [0, 0.05) is 6.61 Å². The van der Waals surface area contributed by atoms with Gasteiger partial charge in [0.2, 0.25) is 0 Å². The van der Waals surface area contributed by atoms with E-state index in [1.165, 1.54) is 7.05 Å². The minimum absolute atomic E-state index is 0.322. The molecule has 0 aromatic carbocycles. The molecule has 0 bridgehead atoms. The summed E-state index contributed by atoms with van der Waals surface area (Å²) in [4.78, 5) is 0. The first kappa shape index (κ1) is 10.6. The molecule has 1 atom stereocenters. The van der Waals surface area contributed by atoms with Crippen LogP contribution in [-0.4, -0.2) is 33.0 Å². The summed E-state index contributed by atoms with van der Waals surface area (Å²) < 4.78 is 10.4. The van der Waals surface area contributed by atoms with Crippen LogP contribution in [0.1, 0.15) is 6.42 Å². The van der Waals surface area contributed by atoms with Crippen molar-refractivity contribution < 1.29 is 9.47 Å². The molecule has 0 saturated carbocycles. The summed E-state index contributed by atoms with van der Waals surface area (Å²) in [5.74, 6) is 0. The minimum atomic E-state index is 0.322. The maximum absolute atomic E-state index is 5.31. The lowest BCUT2D eigenvalue weighted by Gasteiger charge is -2.05. The Bertz CT molecular complexity index is 90.1. The molecule has 11 heavy (non-hydrogen) atoms. The van der Waals surface area contributed by atoms with E-state index in [1.807, 2.05) is 0 Å². The summed E-state index contributed by atoms with van der Waals surface area (Å²) in [6.07, 6.45) is 3.12. The van der Waals surface area contributed by atoms with Gasteiger partial charge < -0.3 is 15.2 Å². The second-order valence-electron chi connectivity index (χ2n) is 2.11. The average molecular weight is 159 g/mol. The molecule has 1 aliphatic rings. The topological polar surface area (TPSA) is 44.5 Å². The molecule has 3 nitrogen and oxygen atoms in total. The second kappa shape index (κ2) is 7.72. The maximum atomic E-state index is 5.31. The number of ether oxygens (including phenoxy) is 2. The summed E-state index contributed by atoms with van der Waals surface area (Å²) in [5, 5.41) is 0. The summed E-state index contributed by atoms with van der Waals surface area (Å²) in [7, 11) is 1.50. The van der Waals surface area contributed by atoms with E-state index < -0.39 is 0 Å². The van der Waals surface area contributed by atoms with Crippen LogP contribution >= 0.6 is 0 Å². The Morgan fingerprint density at radius 3 is 2.91 bits per heavy atom. The highest BCUT2D eigenvalue weighted by Crippen LogP contribution is 2.07. The van der Waals surface area contributed by atoms with Crippen molar-refractivity contribution in [2.24, 2.45) is 5.73 Å². The van der Waals surface area contributed by atoms with Gasteiger partial charge in [0.15, 0.2) is 0 Å². The van der Waals surface area contributed by atoms with E-state index in [2.05, 4.69) is 12.3 Å². The molecule has 0 spiro atoms. The zero-order valence-electron chi connectivity index (χ0n) is 7.08. The molecule has 1 heterocycles. The number of hydrogen-bond acceptors (Lipinski definition) is 3. The van der Waals surface area contributed by atoms with Crippen molar-refractivity contribution in [2.75, 3.05) is 26.9 Å². The lowest BCUT2D eigenvalue weighted by atomic mass is 10.3. The Hall–Kier alpha value is -0.380. The van der Waals surface area contributed by atoms with Crippen LogP contribution in [0.15, 0.2) is 12.7 Å². The van der Waals surface area contributed by atoms with Gasteiger partial charge in [-0.15, -0.1) is 6.58 Å². The summed E-state index contributed by atoms with van der Waals surface area (Å²) in [5.41, 5.74) is 4.50. The van der Waals surface area contributed by atoms with Crippen LogP contribution in [0.3, 0.4) is 0 Å². The fraction of sp³-hybridized carbons (Fsp3) is 0.750. The highest BCUT2D eigenvalue weighted by Gasteiger charge is 2.14. The highest BCUT2D eigenvalue weighted by molar-refractivity contribution is 4.69. The number of hydrogen-bond donors (Lipinski definition) is 1. The molecule has 0 aromatic rings. The smallest absolute Gasteiger partial charge is 0.0834 e. The summed E-state index contributed by atoms with van der Waals surface area (Å²) >= 11 is 0. The normalized spacial score (nSPS) is 22.2. The minimum Gasteiger partial charge on any atom is -0.379 e. The predicted molar refractivity (Wildman–Crippen MR) is 45.5 cm³/mol. The molecule has 0 aliphatic carbocycles. The van der Waals surface area contributed by atoms with Crippen LogP contribution in [0.25, 0.3) is 0 Å². The van der Waals surface area contributed by atoms with Crippen molar-refractivity contribution in [1.29, 1.82) is 0 Å². The van der Waals surface area contributed by atoms with Crippen molar-refractivity contribution in [3.63, 3.8) is 0 Å². The van der Waals surface area contributed by atoms with Crippen LogP contribution in [0, 0.1) is 0 Å². The van der Waals surface area contributed by atoms with Gasteiger partial charge in [0.25, 0.3) is 0 Å². The van der Waals surface area contributed by atoms with Crippen molar-refractivity contribution in [1.82, 2.24) is 0 Å². The van der Waals surface area contributed by atoms with Crippen molar-refractivity contribution in [3.8, 4) is 0 Å². The molecule has 2 N–H and O–H groups in total. The Labute approximate surface area is 68.2 Å². The molecular formula is C8H17NO2. The first-order valence-corrected chi connectivity index (χ1v) is 3.81. The van der Waals surface area contributed by atoms with Gasteiger partial charge in [0.1, 0.15) is 0 Å². The summed E-state index contributed by atoms with van der Waals surface area (Å²) in [6.45, 7) is 5.81. The molecule has 0 amide bonds. The zero-order chi connectivity index (χ0) is 8.53. The van der Waals surface area contributed by atoms with Gasteiger partial charge >= 0.3 is 0 Å². The van der Waals surface area contributed by atoms with E-state index >= 15 is 0 Å². The van der Waals surface area contributed by atoms with Gasteiger partial charge in [-0.1, -0.05) is 6.08 Å². The van der Waals surface area contributed by atoms with E-state index in [0.29, 0.717) is 12.7 Å². The Morgan fingerprint density at radius 2 is 2.45 bits per heavy atom. The molecule has 1 saturated heterocycles. The Morgan fingerprint density at radius 1 is 1.73 bits per heavy atom. The van der Waals surface area contributed by atoms with Crippen molar-refractivity contribution in [2.45, 2.75) is 12.5 Å². The molecule has 1 aliphatic heterocycles. The van der Waals surface area contributed by atoms with Gasteiger partial charge in [-0.25, -0.2) is 0 Å². The number of nitrogens with two attached hydrogens (primary N) is 1. The van der Waals surface area contributed by atoms with Gasteiger partial charge in [-0.05, 0) is 13.5 Å². The van der Waals surface area contributed by atoms with Gasteiger partial charge in [-0.2, -0.15) is 0 Å². The maximum Gasteiger partial charge on any atom is 0.0834 e. The molecule has 1 unspecified atom stereocenters. The Balaban J connectivity index is 0.000000461. The lowest BCUT2D eigenvalue weighted by Crippen LogP contribution is -2.11. The quantitative estimate of drug-likeness (QED) is 0.612. The van der Waals surface area contributed by atoms with E-state index in [4.69, 9.17) is 9.47 Å². The first-order chi connectivity index (χ1) is 5.43. The standard InChI is InChI=1S/C7H12O2.CH5N/c1-2-4-9-7-3-5-8-6-7;1-2/h2,7H,1,3-6H2;2H2,1H3. The van der Waals surface area contributed by atoms with Gasteiger partial charge in [-0.3, -0.25) is 0 Å².